The number of phenolic OH excluding ortho intramolecular Hbond substituents is 1. The molecule has 0 bridgehead atoms. The SMILES string of the molecule is CC[C@H](C)[C@@H](C(=O)N1CCN(c2nc(Nc3ccc(-c4c5ccc(=O)cc-5oc5cc(O)ccc45)c(C(=O)O)c3)nc(N3CCN(C(=O)Cn4cc(CC(C)O)nn4)CC3)n2)CC1)n1cc(CCC(=O)O)nn1. The average Bonchev–Trinajstić information content (AvgIpc) is 4.03. The molecule has 24 heteroatoms. The Hall–Kier alpha value is -8.54. The number of rotatable bonds is 17. The van der Waals surface area contributed by atoms with Gasteiger partial charge in [0, 0.05) is 112 Å². The molecule has 0 spiro atoms. The van der Waals surface area contributed by atoms with Gasteiger partial charge < -0.3 is 49.8 Å². The number of aromatic hydroxyl groups is 1. The van der Waals surface area contributed by atoms with E-state index in [-0.39, 0.29) is 71.2 Å². The molecule has 1 unspecified atom stereocenters. The largest absolute Gasteiger partial charge is 0.508 e. The Labute approximate surface area is 416 Å². The number of piperazine rings is 2. The Bertz CT molecular complexity index is 3210. The molecule has 5 N–H and O–H groups in total. The number of phenols is 1. The fourth-order valence-electron chi connectivity index (χ4n) is 9.15. The second-order valence-electron chi connectivity index (χ2n) is 18.3. The number of aromatic carboxylic acids is 1. The molecule has 2 fully saturated rings. The van der Waals surface area contributed by atoms with Crippen molar-refractivity contribution in [2.75, 3.05) is 67.5 Å². The number of hydrogen-bond acceptors (Lipinski definition) is 18. The van der Waals surface area contributed by atoms with Crippen LogP contribution in [0.1, 0.15) is 61.4 Å². The van der Waals surface area contributed by atoms with Crippen molar-refractivity contribution in [3.8, 4) is 28.2 Å². The minimum absolute atomic E-state index is 0.0239. The Morgan fingerprint density at radius 3 is 2.14 bits per heavy atom. The highest BCUT2D eigenvalue weighted by molar-refractivity contribution is 6.08. The number of amides is 2. The molecule has 1 aliphatic carbocycles. The summed E-state index contributed by atoms with van der Waals surface area (Å²) in [7, 11) is 0. The molecule has 9 rings (SSSR count). The van der Waals surface area contributed by atoms with E-state index in [1.807, 2.05) is 23.6 Å². The van der Waals surface area contributed by atoms with E-state index in [0.717, 1.165) is 0 Å². The molecular formula is C49H54N14O10. The standard InChI is InChI=1S/C49H54N14O10/c1-4-28(2)44(63-26-31(54-57-63)6-12-42(68)69)45(70)59-15-19-61(20-16-59)49-52-47(51-48(53-49)60-17-13-58(14-18-60)41(67)27-62-25-32(55-56-62)21-29(3)64)50-30-5-9-35(38(22-30)46(71)72)43-36-10-7-33(65)23-39(36)73-40-24-34(66)8-11-37(40)43/h5,7-11,22-26,28-29,44,64-65H,4,6,12-21,27H2,1-3H3,(H,68,69)(H,71,72)(H,50,51,52,53)/t28-,29?,44-/m0/s1. The number of aromatic nitrogens is 9. The number of aliphatic hydroxyl groups is 1. The van der Waals surface area contributed by atoms with Crippen LogP contribution in [0, 0.1) is 5.92 Å². The summed E-state index contributed by atoms with van der Waals surface area (Å²) in [4.78, 5) is 86.3. The molecule has 4 aliphatic rings. The zero-order valence-corrected chi connectivity index (χ0v) is 40.3. The second kappa shape index (κ2) is 21.0. The number of benzene rings is 3. The van der Waals surface area contributed by atoms with E-state index >= 15 is 0 Å². The number of carbonyl (C=O) groups excluding carboxylic acids is 2. The first-order valence-electron chi connectivity index (χ1n) is 24.0. The van der Waals surface area contributed by atoms with Crippen molar-refractivity contribution in [2.45, 2.75) is 65.1 Å². The lowest BCUT2D eigenvalue weighted by atomic mass is 9.90. The predicted octanol–water partition coefficient (Wildman–Crippen LogP) is 3.31. The first kappa shape index (κ1) is 49.4. The summed E-state index contributed by atoms with van der Waals surface area (Å²) < 4.78 is 8.98. The molecule has 0 saturated carbocycles. The van der Waals surface area contributed by atoms with Crippen LogP contribution >= 0.6 is 0 Å². The summed E-state index contributed by atoms with van der Waals surface area (Å²) in [5.74, 6) is -1.74. The molecule has 0 radical (unpaired) electrons. The van der Waals surface area contributed by atoms with Crippen molar-refractivity contribution < 1.29 is 44.0 Å². The number of hydrogen-bond donors (Lipinski definition) is 5. The number of aliphatic carboxylic acids is 1. The van der Waals surface area contributed by atoms with Crippen molar-refractivity contribution in [3.63, 3.8) is 0 Å². The van der Waals surface area contributed by atoms with Crippen LogP contribution < -0.4 is 20.5 Å². The van der Waals surface area contributed by atoms with Crippen molar-refractivity contribution in [2.24, 2.45) is 5.92 Å². The van der Waals surface area contributed by atoms with Crippen LogP contribution in [-0.4, -0.2) is 157 Å². The molecule has 3 aliphatic heterocycles. The highest BCUT2D eigenvalue weighted by Crippen LogP contribution is 2.42. The number of aryl methyl sites for hydroxylation is 1. The maximum atomic E-state index is 14.3. The van der Waals surface area contributed by atoms with Crippen LogP contribution in [0.15, 0.2) is 76.2 Å². The van der Waals surface area contributed by atoms with Gasteiger partial charge in [0.1, 0.15) is 29.7 Å². The summed E-state index contributed by atoms with van der Waals surface area (Å²) in [5, 5.41) is 60.1. The van der Waals surface area contributed by atoms with Gasteiger partial charge in [-0.25, -0.2) is 14.2 Å². The molecule has 2 saturated heterocycles. The molecule has 2 amide bonds. The number of anilines is 4. The summed E-state index contributed by atoms with van der Waals surface area (Å²) in [5.41, 5.74) is 2.56. The zero-order chi connectivity index (χ0) is 51.5. The van der Waals surface area contributed by atoms with E-state index in [9.17, 15) is 44.4 Å². The van der Waals surface area contributed by atoms with Gasteiger partial charge in [-0.15, -0.1) is 10.2 Å². The topological polar surface area (TPSA) is 304 Å². The third kappa shape index (κ3) is 11.0. The van der Waals surface area contributed by atoms with E-state index in [2.05, 4.69) is 25.9 Å². The molecule has 3 aromatic heterocycles. The number of aliphatic hydroxyl groups excluding tert-OH is 1. The minimum Gasteiger partial charge on any atom is -0.508 e. The van der Waals surface area contributed by atoms with Gasteiger partial charge in [0.25, 0.3) is 0 Å². The Kier molecular flexibility index (Phi) is 14.3. The molecule has 2 aromatic carbocycles. The van der Waals surface area contributed by atoms with Crippen LogP contribution in [0.5, 0.6) is 5.75 Å². The molecule has 24 nitrogen and oxygen atoms in total. The van der Waals surface area contributed by atoms with Gasteiger partial charge in [0.15, 0.2) is 5.43 Å². The molecule has 3 atom stereocenters. The normalized spacial score (nSPS) is 15.4. The molecule has 5 aromatic rings. The highest BCUT2D eigenvalue weighted by Gasteiger charge is 2.34. The predicted molar refractivity (Wildman–Crippen MR) is 264 cm³/mol. The third-order valence-electron chi connectivity index (χ3n) is 13.1. The minimum atomic E-state index is -1.24. The quantitative estimate of drug-likeness (QED) is 0.0818. The average molecular weight is 999 g/mol. The van der Waals surface area contributed by atoms with Gasteiger partial charge in [-0.05, 0) is 54.8 Å². The molecule has 73 heavy (non-hydrogen) atoms. The summed E-state index contributed by atoms with van der Waals surface area (Å²) in [6, 6.07) is 12.9. The highest BCUT2D eigenvalue weighted by atomic mass is 16.4. The smallest absolute Gasteiger partial charge is 0.336 e. The fourth-order valence-corrected chi connectivity index (χ4v) is 9.15. The van der Waals surface area contributed by atoms with Crippen LogP contribution in [0.2, 0.25) is 0 Å². The van der Waals surface area contributed by atoms with Gasteiger partial charge in [-0.2, -0.15) is 15.0 Å². The van der Waals surface area contributed by atoms with Crippen LogP contribution in [0.25, 0.3) is 33.4 Å². The Balaban J connectivity index is 0.988. The Morgan fingerprint density at radius 1 is 0.781 bits per heavy atom. The van der Waals surface area contributed by atoms with Crippen molar-refractivity contribution in [1.82, 2.24) is 54.7 Å². The molecular weight excluding hydrogens is 945 g/mol. The van der Waals surface area contributed by atoms with Crippen LogP contribution in [0.4, 0.5) is 23.5 Å². The fraction of sp³-hybridized carbons (Fsp3) is 0.388. The maximum Gasteiger partial charge on any atom is 0.336 e. The van der Waals surface area contributed by atoms with Gasteiger partial charge in [0.05, 0.1) is 29.5 Å². The summed E-state index contributed by atoms with van der Waals surface area (Å²) >= 11 is 0. The summed E-state index contributed by atoms with van der Waals surface area (Å²) in [6.45, 7) is 8.34. The van der Waals surface area contributed by atoms with Crippen molar-refractivity contribution >= 4 is 58.3 Å². The lowest BCUT2D eigenvalue weighted by Crippen LogP contribution is -2.52. The lowest BCUT2D eigenvalue weighted by Gasteiger charge is -2.38. The van der Waals surface area contributed by atoms with Crippen molar-refractivity contribution in [1.29, 1.82) is 0 Å². The molecule has 380 valence electrons. The van der Waals surface area contributed by atoms with Gasteiger partial charge >= 0.3 is 11.9 Å². The molecule has 6 heterocycles. The van der Waals surface area contributed by atoms with Crippen LogP contribution in [-0.2, 0) is 33.8 Å². The number of carboxylic acid groups (broad SMARTS) is 2. The number of carboxylic acids is 2. The van der Waals surface area contributed by atoms with Crippen molar-refractivity contribution in [3.05, 3.63) is 94.2 Å². The number of nitrogens with zero attached hydrogens (tertiary/aromatic N) is 13. The van der Waals surface area contributed by atoms with Gasteiger partial charge in [0.2, 0.25) is 29.7 Å². The second-order valence-corrected chi connectivity index (χ2v) is 18.3. The first-order valence-corrected chi connectivity index (χ1v) is 24.0. The zero-order valence-electron chi connectivity index (χ0n) is 40.3. The van der Waals surface area contributed by atoms with E-state index in [1.54, 1.807) is 53.4 Å². The lowest BCUT2D eigenvalue weighted by molar-refractivity contribution is -0.138. The van der Waals surface area contributed by atoms with E-state index in [0.29, 0.717) is 116 Å². The summed E-state index contributed by atoms with van der Waals surface area (Å²) in [6.07, 6.45) is 3.76. The van der Waals surface area contributed by atoms with E-state index in [4.69, 9.17) is 19.4 Å². The van der Waals surface area contributed by atoms with Crippen LogP contribution in [0.3, 0.4) is 0 Å². The number of carbonyl (C=O) groups is 4. The number of nitrogens with one attached hydrogen (secondary N) is 1. The van der Waals surface area contributed by atoms with E-state index in [1.165, 1.54) is 39.7 Å². The first-order chi connectivity index (χ1) is 35.1. The van der Waals surface area contributed by atoms with E-state index < -0.39 is 24.1 Å². The number of fused-ring (bicyclic) bond motifs is 2. The monoisotopic (exact) mass is 998 g/mol. The Morgan fingerprint density at radius 2 is 1.47 bits per heavy atom. The van der Waals surface area contributed by atoms with Gasteiger partial charge in [-0.1, -0.05) is 36.8 Å². The van der Waals surface area contributed by atoms with Gasteiger partial charge in [-0.3, -0.25) is 19.2 Å². The third-order valence-corrected chi connectivity index (χ3v) is 13.1. The maximum absolute atomic E-state index is 14.3.